The summed E-state index contributed by atoms with van der Waals surface area (Å²) in [4.78, 5) is 0. The zero-order valence-corrected chi connectivity index (χ0v) is 24.6. The molecule has 192 valence electrons. The Kier molecular flexibility index (Phi) is 7.56. The monoisotopic (exact) mass is 768 g/mol. The molecule has 12 heteroatoms. The summed E-state index contributed by atoms with van der Waals surface area (Å²) in [5, 5.41) is 0.734. The minimum atomic E-state index is -5.71. The van der Waals surface area contributed by atoms with E-state index in [9.17, 15) is 17.6 Å². The minimum Gasteiger partial charge on any atom is -0.487 e. The van der Waals surface area contributed by atoms with Gasteiger partial charge in [0, 0.05) is 50.9 Å². The van der Waals surface area contributed by atoms with Crippen molar-refractivity contribution in [1.29, 1.82) is 0 Å². The summed E-state index contributed by atoms with van der Waals surface area (Å²) in [6.45, 7) is -0.216. The molecule has 0 saturated carbocycles. The highest BCUT2D eigenvalue weighted by atomic mass is 127. The molecule has 0 bridgehead atoms. The number of hydrogen-bond donors (Lipinski definition) is 0. The molecule has 36 heavy (non-hydrogen) atoms. The van der Waals surface area contributed by atoms with Crippen LogP contribution in [0.15, 0.2) is 36.4 Å². The Labute approximate surface area is 237 Å². The molecule has 0 radical (unpaired) electrons. The van der Waals surface area contributed by atoms with Gasteiger partial charge in [-0.25, -0.2) is 0 Å². The number of halogens is 8. The molecular weight excluding hydrogens is 752 g/mol. The minimum absolute atomic E-state index is 0.0886. The van der Waals surface area contributed by atoms with Crippen molar-refractivity contribution in [2.75, 3.05) is 14.2 Å². The van der Waals surface area contributed by atoms with Crippen molar-refractivity contribution >= 4 is 99.7 Å². The van der Waals surface area contributed by atoms with Crippen LogP contribution in [-0.2, 0) is 0 Å². The van der Waals surface area contributed by atoms with Gasteiger partial charge in [0.25, 0.3) is 0 Å². The van der Waals surface area contributed by atoms with Gasteiger partial charge in [0.05, 0.1) is 14.2 Å². The van der Waals surface area contributed by atoms with E-state index in [0.717, 1.165) is 35.9 Å². The molecule has 0 N–H and O–H groups in total. The van der Waals surface area contributed by atoms with E-state index >= 15 is 8.78 Å². The van der Waals surface area contributed by atoms with Crippen molar-refractivity contribution in [3.63, 3.8) is 0 Å². The predicted molar refractivity (Wildman–Crippen MR) is 151 cm³/mol. The van der Waals surface area contributed by atoms with Gasteiger partial charge in [-0.05, 0) is 75.5 Å². The summed E-state index contributed by atoms with van der Waals surface area (Å²) in [5.74, 6) is -16.0. The second-order valence-corrected chi connectivity index (χ2v) is 12.4. The summed E-state index contributed by atoms with van der Waals surface area (Å²) < 4.78 is 103. The van der Waals surface area contributed by atoms with Crippen molar-refractivity contribution < 1.29 is 35.8 Å². The third-order valence-corrected chi connectivity index (χ3v) is 9.07. The van der Waals surface area contributed by atoms with Crippen LogP contribution in [0.2, 0.25) is 0 Å². The Morgan fingerprint density at radius 1 is 0.806 bits per heavy atom. The quantitative estimate of drug-likeness (QED) is 0.138. The Morgan fingerprint density at radius 2 is 1.31 bits per heavy atom. The Balaban J connectivity index is 2.14. The van der Waals surface area contributed by atoms with E-state index in [4.69, 9.17) is 9.47 Å². The van der Waals surface area contributed by atoms with Crippen LogP contribution in [0, 0.1) is 7.14 Å². The fourth-order valence-corrected chi connectivity index (χ4v) is 7.22. The maximum Gasteiger partial charge on any atom is 0.375 e. The predicted octanol–water partition coefficient (Wildman–Crippen LogP) is 9.81. The molecular formula is C24H16F6I2O2S2. The van der Waals surface area contributed by atoms with Crippen LogP contribution >= 0.6 is 67.9 Å². The lowest BCUT2D eigenvalue weighted by Gasteiger charge is -2.32. The van der Waals surface area contributed by atoms with E-state index in [1.165, 1.54) is 20.3 Å². The van der Waals surface area contributed by atoms with Crippen LogP contribution in [0.4, 0.5) is 26.3 Å². The first-order valence-electron chi connectivity index (χ1n) is 10.1. The first-order valence-corrected chi connectivity index (χ1v) is 13.9. The molecule has 2 aromatic carbocycles. The van der Waals surface area contributed by atoms with Crippen LogP contribution in [0.5, 0.6) is 10.1 Å². The number of ether oxygens (including phenoxy) is 2. The Morgan fingerprint density at radius 3 is 1.83 bits per heavy atom. The number of benzene rings is 2. The fraction of sp³-hybridized carbons (Fsp3) is 0.250. The molecule has 0 aliphatic carbocycles. The number of hydrogen-bond acceptors (Lipinski definition) is 4. The van der Waals surface area contributed by atoms with E-state index in [1.807, 2.05) is 22.6 Å². The number of rotatable bonds is 7. The van der Waals surface area contributed by atoms with Crippen LogP contribution < -0.4 is 9.47 Å². The molecule has 4 rings (SSSR count). The van der Waals surface area contributed by atoms with Gasteiger partial charge in [-0.1, -0.05) is 34.8 Å². The summed E-state index contributed by atoms with van der Waals surface area (Å²) in [6, 6.07) is 9.94. The fourth-order valence-electron chi connectivity index (χ4n) is 3.71. The van der Waals surface area contributed by atoms with Crippen molar-refractivity contribution in [3.05, 3.63) is 54.7 Å². The first-order chi connectivity index (χ1) is 16.7. The third kappa shape index (κ3) is 4.59. The lowest BCUT2D eigenvalue weighted by atomic mass is 9.90. The largest absolute Gasteiger partial charge is 0.487 e. The average Bonchev–Trinajstić information content (AvgIpc) is 3.32. The second kappa shape index (κ2) is 9.80. The highest BCUT2D eigenvalue weighted by Gasteiger charge is 2.71. The van der Waals surface area contributed by atoms with Crippen molar-refractivity contribution in [2.24, 2.45) is 0 Å². The van der Waals surface area contributed by atoms with Gasteiger partial charge in [0.15, 0.2) is 10.1 Å². The molecule has 0 amide bonds. The summed E-state index contributed by atoms with van der Waals surface area (Å²) in [5.41, 5.74) is -1.56. The molecule has 0 fully saturated rings. The molecule has 0 spiro atoms. The molecule has 0 aliphatic heterocycles. The van der Waals surface area contributed by atoms with Crippen LogP contribution in [0.1, 0.15) is 18.1 Å². The highest BCUT2D eigenvalue weighted by Crippen LogP contribution is 2.56. The lowest BCUT2D eigenvalue weighted by Crippen LogP contribution is -2.53. The van der Waals surface area contributed by atoms with Gasteiger partial charge in [-0.15, -0.1) is 0 Å². The topological polar surface area (TPSA) is 18.5 Å². The van der Waals surface area contributed by atoms with Gasteiger partial charge in [0.2, 0.25) is 0 Å². The van der Waals surface area contributed by atoms with Gasteiger partial charge < -0.3 is 9.47 Å². The normalized spacial score (nSPS) is 13.6. The zero-order chi connectivity index (χ0) is 26.6. The second-order valence-electron chi connectivity index (χ2n) is 7.85. The molecule has 2 heterocycles. The smallest absolute Gasteiger partial charge is 0.375 e. The average molecular weight is 768 g/mol. The summed E-state index contributed by atoms with van der Waals surface area (Å²) in [6.07, 6.45) is 0.826. The summed E-state index contributed by atoms with van der Waals surface area (Å²) in [7, 11) is 2.53. The van der Waals surface area contributed by atoms with Gasteiger partial charge in [-0.2, -0.15) is 26.3 Å². The first kappa shape index (κ1) is 27.8. The number of alkyl halides is 6. The van der Waals surface area contributed by atoms with E-state index in [0.29, 0.717) is 14.8 Å². The van der Waals surface area contributed by atoms with E-state index in [2.05, 4.69) is 22.6 Å². The van der Waals surface area contributed by atoms with E-state index in [1.54, 1.807) is 30.3 Å². The molecule has 0 aliphatic rings. The van der Waals surface area contributed by atoms with Crippen molar-refractivity contribution in [1.82, 2.24) is 0 Å². The molecule has 2 nitrogen and oxygen atoms in total. The van der Waals surface area contributed by atoms with Crippen LogP contribution in [-0.4, -0.2) is 32.0 Å². The maximum absolute atomic E-state index is 15.8. The Hall–Kier alpha value is -1.26. The van der Waals surface area contributed by atoms with E-state index < -0.39 is 23.3 Å². The SMILES string of the molecule is COc1sc2cc(I)ccc2c1/C=C(\c1c(OC)sc2cc(I)ccc12)C(F)(F)C(F)(F)C(C)(F)F. The van der Waals surface area contributed by atoms with E-state index in [-0.39, 0.29) is 33.6 Å². The van der Waals surface area contributed by atoms with Crippen molar-refractivity contribution in [2.45, 2.75) is 24.7 Å². The molecule has 0 saturated heterocycles. The standard InChI is InChI=1S/C24H16F6I2O2S2/c1-22(25,26)24(29,30)23(27,28)16(19-14-7-5-12(32)9-18(14)36-21(19)34-3)10-15-13-6-4-11(31)8-17(13)35-20(15)33-2/h4-10H,1-3H3/b16-10+. The van der Waals surface area contributed by atoms with Crippen LogP contribution in [0.25, 0.3) is 31.8 Å². The van der Waals surface area contributed by atoms with Gasteiger partial charge in [0.1, 0.15) is 0 Å². The lowest BCUT2D eigenvalue weighted by molar-refractivity contribution is -0.280. The molecule has 2 aromatic heterocycles. The molecule has 4 aromatic rings. The third-order valence-electron chi connectivity index (χ3n) is 5.49. The highest BCUT2D eigenvalue weighted by molar-refractivity contribution is 14.1. The number of allylic oxidation sites excluding steroid dienone is 1. The van der Waals surface area contributed by atoms with Gasteiger partial charge in [-0.3, -0.25) is 0 Å². The van der Waals surface area contributed by atoms with Crippen molar-refractivity contribution in [3.8, 4) is 10.1 Å². The van der Waals surface area contributed by atoms with Gasteiger partial charge >= 0.3 is 17.8 Å². The summed E-state index contributed by atoms with van der Waals surface area (Å²) >= 11 is 6.21. The maximum atomic E-state index is 15.8. The number of methoxy groups -OCH3 is 2. The zero-order valence-electron chi connectivity index (χ0n) is 18.7. The molecule has 0 unspecified atom stereocenters. The van der Waals surface area contributed by atoms with Crippen LogP contribution in [0.3, 0.4) is 0 Å². The number of fused-ring (bicyclic) bond motifs is 2. The Bertz CT molecular complexity index is 1490. The molecule has 0 atom stereocenters. The number of thiophene rings is 2.